The van der Waals surface area contributed by atoms with Crippen molar-refractivity contribution >= 4 is 23.5 Å². The fourth-order valence-electron chi connectivity index (χ4n) is 2.50. The minimum atomic E-state index is -0.666. The molecule has 148 valence electrons. The third kappa shape index (κ3) is 6.12. The molecule has 0 radical (unpaired) electrons. The highest BCUT2D eigenvalue weighted by Crippen LogP contribution is 2.18. The summed E-state index contributed by atoms with van der Waals surface area (Å²) in [5.74, 6) is -1.20. The van der Waals surface area contributed by atoms with Crippen molar-refractivity contribution in [1.29, 1.82) is 0 Å². The standard InChI is InChI=1S/C21H24N2O5/c1-3-15-9-5-7-11-17(15)23-19(24)13-22-20(25)14-28-21(26)16-10-6-8-12-18(16)27-4-2/h5-12H,3-4,13-14H2,1-2H3,(H,22,25)(H,23,24). The number of amides is 2. The van der Waals surface area contributed by atoms with Crippen LogP contribution in [-0.4, -0.2) is 37.5 Å². The lowest BCUT2D eigenvalue weighted by molar-refractivity contribution is -0.126. The molecule has 2 amide bonds. The highest BCUT2D eigenvalue weighted by molar-refractivity contribution is 5.96. The van der Waals surface area contributed by atoms with Crippen LogP contribution in [0.15, 0.2) is 48.5 Å². The van der Waals surface area contributed by atoms with Crippen LogP contribution in [0.2, 0.25) is 0 Å². The van der Waals surface area contributed by atoms with Gasteiger partial charge in [-0.05, 0) is 37.1 Å². The van der Waals surface area contributed by atoms with Gasteiger partial charge in [-0.2, -0.15) is 0 Å². The lowest BCUT2D eigenvalue weighted by Crippen LogP contribution is -2.35. The summed E-state index contributed by atoms with van der Waals surface area (Å²) in [5.41, 5.74) is 1.96. The van der Waals surface area contributed by atoms with Gasteiger partial charge in [-0.25, -0.2) is 4.79 Å². The van der Waals surface area contributed by atoms with Crippen molar-refractivity contribution in [2.24, 2.45) is 0 Å². The number of para-hydroxylation sites is 2. The second-order valence-electron chi connectivity index (χ2n) is 5.84. The Morgan fingerprint density at radius 1 is 0.929 bits per heavy atom. The summed E-state index contributed by atoms with van der Waals surface area (Å²) in [6.07, 6.45) is 0.780. The Hall–Kier alpha value is -3.35. The Bertz CT molecular complexity index is 835. The molecule has 0 aliphatic carbocycles. The molecule has 7 nitrogen and oxygen atoms in total. The van der Waals surface area contributed by atoms with Crippen molar-refractivity contribution in [3.8, 4) is 5.75 Å². The fourth-order valence-corrected chi connectivity index (χ4v) is 2.50. The molecule has 0 aliphatic rings. The van der Waals surface area contributed by atoms with E-state index in [9.17, 15) is 14.4 Å². The Morgan fingerprint density at radius 2 is 1.64 bits per heavy atom. The molecule has 28 heavy (non-hydrogen) atoms. The Labute approximate surface area is 164 Å². The number of ether oxygens (including phenoxy) is 2. The highest BCUT2D eigenvalue weighted by atomic mass is 16.5. The molecule has 0 aromatic heterocycles. The largest absolute Gasteiger partial charge is 0.493 e. The van der Waals surface area contributed by atoms with Crippen molar-refractivity contribution in [3.05, 3.63) is 59.7 Å². The summed E-state index contributed by atoms with van der Waals surface area (Å²) in [6, 6.07) is 14.1. The topological polar surface area (TPSA) is 93.7 Å². The summed E-state index contributed by atoms with van der Waals surface area (Å²) < 4.78 is 10.4. The molecule has 0 atom stereocenters. The maximum atomic E-state index is 12.1. The number of anilines is 1. The molecule has 0 heterocycles. The summed E-state index contributed by atoms with van der Waals surface area (Å²) in [5, 5.41) is 5.18. The highest BCUT2D eigenvalue weighted by Gasteiger charge is 2.15. The summed E-state index contributed by atoms with van der Waals surface area (Å²) in [7, 11) is 0. The predicted molar refractivity (Wildman–Crippen MR) is 105 cm³/mol. The first-order valence-corrected chi connectivity index (χ1v) is 9.08. The Balaban J connectivity index is 1.79. The van der Waals surface area contributed by atoms with Gasteiger partial charge < -0.3 is 20.1 Å². The Morgan fingerprint density at radius 3 is 2.39 bits per heavy atom. The van der Waals surface area contributed by atoms with Gasteiger partial charge in [0.1, 0.15) is 11.3 Å². The van der Waals surface area contributed by atoms with Crippen LogP contribution in [0.3, 0.4) is 0 Å². The normalized spacial score (nSPS) is 10.1. The average Bonchev–Trinajstić information content (AvgIpc) is 2.71. The molecule has 0 unspecified atom stereocenters. The molecule has 0 spiro atoms. The van der Waals surface area contributed by atoms with Gasteiger partial charge in [0.15, 0.2) is 6.61 Å². The molecule has 0 fully saturated rings. The van der Waals surface area contributed by atoms with Gasteiger partial charge in [0, 0.05) is 5.69 Å². The van der Waals surface area contributed by atoms with Gasteiger partial charge in [0.05, 0.1) is 13.2 Å². The number of aryl methyl sites for hydroxylation is 1. The first-order chi connectivity index (χ1) is 13.5. The van der Waals surface area contributed by atoms with Gasteiger partial charge in [0.2, 0.25) is 5.91 Å². The van der Waals surface area contributed by atoms with Crippen LogP contribution in [0.5, 0.6) is 5.75 Å². The molecule has 0 saturated heterocycles. The van der Waals surface area contributed by atoms with E-state index < -0.39 is 18.5 Å². The number of rotatable bonds is 9. The van der Waals surface area contributed by atoms with Crippen LogP contribution in [-0.2, 0) is 20.7 Å². The van der Waals surface area contributed by atoms with Crippen molar-refractivity contribution in [2.45, 2.75) is 20.3 Å². The second-order valence-corrected chi connectivity index (χ2v) is 5.84. The molecule has 2 rings (SSSR count). The maximum Gasteiger partial charge on any atom is 0.342 e. The number of nitrogens with one attached hydrogen (secondary N) is 2. The quantitative estimate of drug-likeness (QED) is 0.648. The van der Waals surface area contributed by atoms with Gasteiger partial charge in [-0.1, -0.05) is 37.3 Å². The molecule has 2 aromatic carbocycles. The van der Waals surface area contributed by atoms with E-state index in [2.05, 4.69) is 10.6 Å². The van der Waals surface area contributed by atoms with Crippen molar-refractivity contribution in [2.75, 3.05) is 25.1 Å². The van der Waals surface area contributed by atoms with Crippen molar-refractivity contribution < 1.29 is 23.9 Å². The van der Waals surface area contributed by atoms with Crippen molar-refractivity contribution in [3.63, 3.8) is 0 Å². The van der Waals surface area contributed by atoms with Crippen LogP contribution < -0.4 is 15.4 Å². The SMILES string of the molecule is CCOc1ccccc1C(=O)OCC(=O)NCC(=O)Nc1ccccc1CC. The van der Waals surface area contributed by atoms with E-state index >= 15 is 0 Å². The molecule has 0 aliphatic heterocycles. The van der Waals surface area contributed by atoms with Crippen LogP contribution in [0, 0.1) is 0 Å². The van der Waals surface area contributed by atoms with E-state index in [1.807, 2.05) is 25.1 Å². The number of benzene rings is 2. The van der Waals surface area contributed by atoms with Gasteiger partial charge in [0.25, 0.3) is 5.91 Å². The van der Waals surface area contributed by atoms with E-state index in [-0.39, 0.29) is 18.0 Å². The average molecular weight is 384 g/mol. The number of carbonyl (C=O) groups is 3. The van der Waals surface area contributed by atoms with E-state index in [1.165, 1.54) is 0 Å². The molecular formula is C21H24N2O5. The molecule has 2 aromatic rings. The van der Waals surface area contributed by atoms with Crippen molar-refractivity contribution in [1.82, 2.24) is 5.32 Å². The number of hydrogen-bond acceptors (Lipinski definition) is 5. The minimum absolute atomic E-state index is 0.218. The van der Waals surface area contributed by atoms with Crippen LogP contribution >= 0.6 is 0 Å². The summed E-state index contributed by atoms with van der Waals surface area (Å²) >= 11 is 0. The zero-order valence-corrected chi connectivity index (χ0v) is 16.0. The van der Waals surface area contributed by atoms with Gasteiger partial charge in [-0.15, -0.1) is 0 Å². The summed E-state index contributed by atoms with van der Waals surface area (Å²) in [6.45, 7) is 3.49. The first-order valence-electron chi connectivity index (χ1n) is 9.08. The zero-order chi connectivity index (χ0) is 20.4. The fraction of sp³-hybridized carbons (Fsp3) is 0.286. The monoisotopic (exact) mass is 384 g/mol. The molecule has 2 N–H and O–H groups in total. The zero-order valence-electron chi connectivity index (χ0n) is 16.0. The smallest absolute Gasteiger partial charge is 0.342 e. The number of hydrogen-bond donors (Lipinski definition) is 2. The van der Waals surface area contributed by atoms with Crippen LogP contribution in [0.1, 0.15) is 29.8 Å². The third-order valence-electron chi connectivity index (χ3n) is 3.86. The van der Waals surface area contributed by atoms with E-state index in [0.29, 0.717) is 18.0 Å². The van der Waals surface area contributed by atoms with Gasteiger partial charge >= 0.3 is 5.97 Å². The van der Waals surface area contributed by atoms with E-state index in [4.69, 9.17) is 9.47 Å². The predicted octanol–water partition coefficient (Wildman–Crippen LogP) is 2.56. The van der Waals surface area contributed by atoms with Gasteiger partial charge in [-0.3, -0.25) is 9.59 Å². The molecular weight excluding hydrogens is 360 g/mol. The maximum absolute atomic E-state index is 12.1. The van der Waals surface area contributed by atoms with Crippen LogP contribution in [0.25, 0.3) is 0 Å². The Kier molecular flexibility index (Phi) is 8.02. The number of carbonyl (C=O) groups excluding carboxylic acids is 3. The van der Waals surface area contributed by atoms with E-state index in [1.54, 1.807) is 37.3 Å². The minimum Gasteiger partial charge on any atom is -0.493 e. The second kappa shape index (κ2) is 10.7. The molecule has 0 saturated carbocycles. The lowest BCUT2D eigenvalue weighted by atomic mass is 10.1. The summed E-state index contributed by atoms with van der Waals surface area (Å²) in [4.78, 5) is 36.0. The van der Waals surface area contributed by atoms with Crippen LogP contribution in [0.4, 0.5) is 5.69 Å². The lowest BCUT2D eigenvalue weighted by Gasteiger charge is -2.11. The number of esters is 1. The first kappa shape index (κ1) is 21.0. The van der Waals surface area contributed by atoms with E-state index in [0.717, 1.165) is 12.0 Å². The molecule has 7 heteroatoms. The third-order valence-corrected chi connectivity index (χ3v) is 3.86. The molecule has 0 bridgehead atoms.